The average Bonchev–Trinajstić information content (AvgIpc) is 3.15. The number of aromatic nitrogens is 1. The van der Waals surface area contributed by atoms with Gasteiger partial charge in [-0.2, -0.15) is 12.7 Å². The van der Waals surface area contributed by atoms with Crippen molar-refractivity contribution in [1.82, 2.24) is 18.9 Å². The first-order valence-corrected chi connectivity index (χ1v) is 12.3. The van der Waals surface area contributed by atoms with E-state index in [0.717, 1.165) is 21.2 Å². The molecule has 1 heterocycles. The van der Waals surface area contributed by atoms with Gasteiger partial charge in [0.2, 0.25) is 0 Å². The molecule has 1 aromatic heterocycles. The molecule has 0 aliphatic rings. The van der Waals surface area contributed by atoms with Crippen LogP contribution in [0, 0.1) is 5.41 Å². The Labute approximate surface area is 193 Å². The van der Waals surface area contributed by atoms with Crippen molar-refractivity contribution in [2.45, 2.75) is 39.7 Å². The molecule has 32 heavy (non-hydrogen) atoms. The maximum Gasteiger partial charge on any atom is 0.407 e. The quantitative estimate of drug-likeness (QED) is 0.565. The van der Waals surface area contributed by atoms with E-state index in [4.69, 9.17) is 0 Å². The predicted octanol–water partition coefficient (Wildman–Crippen LogP) is 3.38. The van der Waals surface area contributed by atoms with Crippen LogP contribution in [0.3, 0.4) is 0 Å². The van der Waals surface area contributed by atoms with Crippen LogP contribution in [0.4, 0.5) is 4.79 Å². The van der Waals surface area contributed by atoms with E-state index < -0.39 is 22.2 Å². The van der Waals surface area contributed by atoms with Gasteiger partial charge < -0.3 is 10.0 Å². The van der Waals surface area contributed by atoms with Crippen LogP contribution in [0.5, 0.6) is 0 Å². The zero-order chi connectivity index (χ0) is 24.1. The lowest BCUT2D eigenvalue weighted by Gasteiger charge is -2.32. The van der Waals surface area contributed by atoms with Crippen LogP contribution in [0.15, 0.2) is 35.7 Å². The minimum atomic E-state index is -3.94. The number of benzene rings is 1. The minimum absolute atomic E-state index is 0.0133. The predicted molar refractivity (Wildman–Crippen MR) is 124 cm³/mol. The van der Waals surface area contributed by atoms with Crippen LogP contribution in [-0.2, 0) is 16.8 Å². The van der Waals surface area contributed by atoms with Crippen LogP contribution in [0.1, 0.15) is 54.2 Å². The Bertz CT molecular complexity index is 1030. The zero-order valence-corrected chi connectivity index (χ0v) is 20.5. The Morgan fingerprint density at radius 2 is 1.81 bits per heavy atom. The van der Waals surface area contributed by atoms with E-state index in [9.17, 15) is 23.1 Å². The van der Waals surface area contributed by atoms with Gasteiger partial charge in [-0.1, -0.05) is 51.1 Å². The van der Waals surface area contributed by atoms with Crippen LogP contribution in [-0.4, -0.2) is 60.4 Å². The highest BCUT2D eigenvalue weighted by Crippen LogP contribution is 2.37. The van der Waals surface area contributed by atoms with Gasteiger partial charge in [-0.25, -0.2) is 14.5 Å². The molecule has 11 heteroatoms. The fourth-order valence-electron chi connectivity index (χ4n) is 3.22. The van der Waals surface area contributed by atoms with Crippen LogP contribution < -0.4 is 4.72 Å². The summed E-state index contributed by atoms with van der Waals surface area (Å²) in [4.78, 5) is 29.4. The van der Waals surface area contributed by atoms with E-state index in [-0.39, 0.29) is 23.6 Å². The van der Waals surface area contributed by atoms with Crippen LogP contribution >= 0.6 is 11.3 Å². The number of nitrogens with zero attached hydrogens (tertiary/aromatic N) is 3. The second-order valence-electron chi connectivity index (χ2n) is 8.67. The Morgan fingerprint density at radius 3 is 2.34 bits per heavy atom. The molecule has 0 spiro atoms. The number of carboxylic acid groups (broad SMARTS) is 1. The fraction of sp³-hybridized carbons (Fsp3) is 0.476. The summed E-state index contributed by atoms with van der Waals surface area (Å²) < 4.78 is 26.4. The third-order valence-corrected chi connectivity index (χ3v) is 7.26. The van der Waals surface area contributed by atoms with E-state index in [1.54, 1.807) is 0 Å². The molecule has 0 fully saturated rings. The number of carbonyl (C=O) groups is 2. The Morgan fingerprint density at radius 1 is 1.19 bits per heavy atom. The standard InChI is InChI=1S/C21H30N4O5S2/c1-21(2,3)16(15-9-7-6-8-10-15)11-12-25(20(27)28)13-18-22-17(14-31-18)19(26)23-32(29,30)24(4)5/h6-10,14,16H,11-13H2,1-5H3,(H,23,26)(H,27,28). The molecule has 0 saturated heterocycles. The molecule has 2 aromatic rings. The number of hydrogen-bond donors (Lipinski definition) is 2. The SMILES string of the molecule is CN(C)S(=O)(=O)NC(=O)c1csc(CN(CCC(c2ccccc2)C(C)(C)C)C(=O)O)n1. The Kier molecular flexibility index (Phi) is 8.38. The summed E-state index contributed by atoms with van der Waals surface area (Å²) in [5, 5.41) is 11.5. The average molecular weight is 483 g/mol. The smallest absolute Gasteiger partial charge is 0.407 e. The fourth-order valence-corrected chi connectivity index (χ4v) is 4.53. The molecule has 2 N–H and O–H groups in total. The maximum atomic E-state index is 12.2. The lowest BCUT2D eigenvalue weighted by atomic mass is 9.74. The number of carbonyl (C=O) groups excluding carboxylic acids is 1. The molecule has 1 unspecified atom stereocenters. The molecular weight excluding hydrogens is 452 g/mol. The molecule has 1 aromatic carbocycles. The normalized spacial score (nSPS) is 13.1. The highest BCUT2D eigenvalue weighted by atomic mass is 32.2. The van der Waals surface area contributed by atoms with Crippen molar-refractivity contribution >= 4 is 33.5 Å². The summed E-state index contributed by atoms with van der Waals surface area (Å²) in [6, 6.07) is 10.00. The molecule has 2 rings (SSSR count). The Hall–Kier alpha value is -2.50. The highest BCUT2D eigenvalue weighted by molar-refractivity contribution is 7.87. The molecule has 0 radical (unpaired) electrons. The van der Waals surface area contributed by atoms with Crippen molar-refractivity contribution in [1.29, 1.82) is 0 Å². The topological polar surface area (TPSA) is 120 Å². The van der Waals surface area contributed by atoms with Crippen molar-refractivity contribution in [3.8, 4) is 0 Å². The van der Waals surface area contributed by atoms with Crippen molar-refractivity contribution < 1.29 is 23.1 Å². The van der Waals surface area contributed by atoms with Crippen molar-refractivity contribution in [2.75, 3.05) is 20.6 Å². The molecule has 0 aliphatic heterocycles. The van der Waals surface area contributed by atoms with Gasteiger partial charge in [0.05, 0.1) is 6.54 Å². The molecule has 9 nitrogen and oxygen atoms in total. The molecule has 0 saturated carbocycles. The summed E-state index contributed by atoms with van der Waals surface area (Å²) in [6.07, 6.45) is -0.457. The summed E-state index contributed by atoms with van der Waals surface area (Å²) in [5.74, 6) is -0.709. The van der Waals surface area contributed by atoms with Gasteiger partial charge in [0.1, 0.15) is 10.7 Å². The summed E-state index contributed by atoms with van der Waals surface area (Å²) in [7, 11) is -1.34. The molecule has 1 atom stereocenters. The summed E-state index contributed by atoms with van der Waals surface area (Å²) in [6.45, 7) is 6.69. The third kappa shape index (κ3) is 7.01. The number of nitrogens with one attached hydrogen (secondary N) is 1. The third-order valence-electron chi connectivity index (χ3n) is 5.02. The van der Waals surface area contributed by atoms with E-state index in [0.29, 0.717) is 18.0 Å². The largest absolute Gasteiger partial charge is 0.465 e. The number of amides is 2. The highest BCUT2D eigenvalue weighted by Gasteiger charge is 2.28. The van der Waals surface area contributed by atoms with Gasteiger partial charge >= 0.3 is 16.3 Å². The van der Waals surface area contributed by atoms with E-state index in [1.165, 1.54) is 24.4 Å². The van der Waals surface area contributed by atoms with E-state index in [2.05, 4.69) is 37.9 Å². The van der Waals surface area contributed by atoms with Gasteiger partial charge in [-0.05, 0) is 23.3 Å². The van der Waals surface area contributed by atoms with Crippen LogP contribution in [0.25, 0.3) is 0 Å². The molecule has 2 amide bonds. The first-order chi connectivity index (χ1) is 14.8. The molecule has 0 bridgehead atoms. The lowest BCUT2D eigenvalue weighted by molar-refractivity contribution is 0.0975. The molecular formula is C21H30N4O5S2. The van der Waals surface area contributed by atoms with E-state index in [1.807, 2.05) is 22.9 Å². The van der Waals surface area contributed by atoms with Crippen molar-refractivity contribution in [2.24, 2.45) is 5.41 Å². The number of hydrogen-bond acceptors (Lipinski definition) is 6. The summed E-state index contributed by atoms with van der Waals surface area (Å²) in [5.41, 5.74) is 1.02. The molecule has 176 valence electrons. The van der Waals surface area contributed by atoms with Gasteiger partial charge in [0.15, 0.2) is 0 Å². The molecule has 0 aliphatic carbocycles. The monoisotopic (exact) mass is 482 g/mol. The zero-order valence-electron chi connectivity index (χ0n) is 18.9. The minimum Gasteiger partial charge on any atom is -0.465 e. The van der Waals surface area contributed by atoms with Crippen molar-refractivity contribution in [3.05, 3.63) is 52.0 Å². The maximum absolute atomic E-state index is 12.2. The Balaban J connectivity index is 2.10. The van der Waals surface area contributed by atoms with Gasteiger partial charge in [0.25, 0.3) is 5.91 Å². The van der Waals surface area contributed by atoms with Crippen molar-refractivity contribution in [3.63, 3.8) is 0 Å². The van der Waals surface area contributed by atoms with Gasteiger partial charge in [-0.3, -0.25) is 4.79 Å². The lowest BCUT2D eigenvalue weighted by Crippen LogP contribution is -2.39. The van der Waals surface area contributed by atoms with Gasteiger partial charge in [0, 0.05) is 26.0 Å². The van der Waals surface area contributed by atoms with Gasteiger partial charge in [-0.15, -0.1) is 11.3 Å². The number of thiazole rings is 1. The number of rotatable bonds is 9. The second kappa shape index (κ2) is 10.4. The van der Waals surface area contributed by atoms with E-state index >= 15 is 0 Å². The van der Waals surface area contributed by atoms with Crippen LogP contribution in [0.2, 0.25) is 0 Å². The first-order valence-electron chi connectivity index (χ1n) is 10.0. The second-order valence-corrected chi connectivity index (χ2v) is 11.5. The summed E-state index contributed by atoms with van der Waals surface area (Å²) >= 11 is 1.11. The first kappa shape index (κ1) is 25.8.